The van der Waals surface area contributed by atoms with E-state index < -0.39 is 0 Å². The Morgan fingerprint density at radius 3 is 2.50 bits per heavy atom. The summed E-state index contributed by atoms with van der Waals surface area (Å²) in [5.74, 6) is 2.01. The average molecular weight is 406 g/mol. The molecular weight excluding hydrogens is 380 g/mol. The zero-order chi connectivity index (χ0) is 20.8. The molecule has 1 aliphatic heterocycles. The van der Waals surface area contributed by atoms with Crippen molar-refractivity contribution in [3.8, 4) is 22.8 Å². The van der Waals surface area contributed by atoms with E-state index in [4.69, 9.17) is 14.5 Å². The molecule has 4 rings (SSSR count). The Hall–Kier alpha value is -3.26. The van der Waals surface area contributed by atoms with Crippen LogP contribution >= 0.6 is 0 Å². The van der Waals surface area contributed by atoms with Gasteiger partial charge in [-0.3, -0.25) is 9.88 Å². The Balaban J connectivity index is 1.52. The first kappa shape index (κ1) is 20.0. The van der Waals surface area contributed by atoms with Gasteiger partial charge >= 0.3 is 0 Å². The van der Waals surface area contributed by atoms with Crippen molar-refractivity contribution in [2.24, 2.45) is 0 Å². The van der Waals surface area contributed by atoms with Gasteiger partial charge in [0, 0.05) is 38.9 Å². The molecule has 0 radical (unpaired) electrons. The molecule has 30 heavy (non-hydrogen) atoms. The van der Waals surface area contributed by atoms with Gasteiger partial charge in [0.05, 0.1) is 31.7 Å². The molecule has 8 nitrogen and oxygen atoms in total. The number of pyridine rings is 1. The lowest BCUT2D eigenvalue weighted by atomic mass is 10.1. The minimum absolute atomic E-state index is 0.625. The Labute approximate surface area is 176 Å². The molecule has 0 aliphatic carbocycles. The first-order valence-corrected chi connectivity index (χ1v) is 10.1. The van der Waals surface area contributed by atoms with Crippen LogP contribution in [0.5, 0.6) is 11.5 Å². The number of nitrogens with zero attached hydrogens (tertiary/aromatic N) is 6. The van der Waals surface area contributed by atoms with Crippen molar-refractivity contribution in [1.29, 1.82) is 0 Å². The molecule has 0 amide bonds. The lowest BCUT2D eigenvalue weighted by Gasteiger charge is -2.22. The predicted molar refractivity (Wildman–Crippen MR) is 115 cm³/mol. The van der Waals surface area contributed by atoms with Crippen LogP contribution in [0.15, 0.2) is 48.8 Å². The fraction of sp³-hybridized carbons (Fsp3) is 0.364. The van der Waals surface area contributed by atoms with Crippen LogP contribution in [-0.2, 0) is 6.54 Å². The van der Waals surface area contributed by atoms with Gasteiger partial charge in [0.25, 0.3) is 0 Å². The van der Waals surface area contributed by atoms with E-state index in [9.17, 15) is 0 Å². The molecule has 1 fully saturated rings. The van der Waals surface area contributed by atoms with Crippen molar-refractivity contribution < 1.29 is 9.47 Å². The molecule has 1 aliphatic rings. The molecule has 1 aromatic carbocycles. The van der Waals surface area contributed by atoms with E-state index in [1.165, 1.54) is 0 Å². The molecule has 8 heteroatoms. The summed E-state index contributed by atoms with van der Waals surface area (Å²) in [6, 6.07) is 11.7. The lowest BCUT2D eigenvalue weighted by Crippen LogP contribution is -2.31. The smallest absolute Gasteiger partial charge is 0.245 e. The summed E-state index contributed by atoms with van der Waals surface area (Å²) in [6.07, 6.45) is 4.52. The molecule has 156 valence electrons. The number of benzene rings is 1. The molecule has 1 saturated heterocycles. The van der Waals surface area contributed by atoms with Crippen LogP contribution in [0.2, 0.25) is 0 Å². The van der Waals surface area contributed by atoms with Crippen molar-refractivity contribution in [2.75, 3.05) is 45.3 Å². The highest BCUT2D eigenvalue weighted by atomic mass is 16.5. The monoisotopic (exact) mass is 406 g/mol. The minimum Gasteiger partial charge on any atom is -0.496 e. The third-order valence-corrected chi connectivity index (χ3v) is 5.21. The zero-order valence-corrected chi connectivity index (χ0v) is 17.4. The van der Waals surface area contributed by atoms with Crippen molar-refractivity contribution >= 4 is 5.95 Å². The number of anilines is 1. The van der Waals surface area contributed by atoms with Gasteiger partial charge in [-0.15, -0.1) is 5.10 Å². The first-order valence-electron chi connectivity index (χ1n) is 10.1. The van der Waals surface area contributed by atoms with Crippen LogP contribution in [0.4, 0.5) is 5.95 Å². The summed E-state index contributed by atoms with van der Waals surface area (Å²) in [6.45, 7) is 4.50. The summed E-state index contributed by atoms with van der Waals surface area (Å²) in [5.41, 5.74) is 2.56. The van der Waals surface area contributed by atoms with Crippen molar-refractivity contribution in [1.82, 2.24) is 25.1 Å². The van der Waals surface area contributed by atoms with E-state index in [1.807, 2.05) is 36.5 Å². The van der Waals surface area contributed by atoms with Gasteiger partial charge < -0.3 is 14.4 Å². The van der Waals surface area contributed by atoms with E-state index in [2.05, 4.69) is 31.0 Å². The van der Waals surface area contributed by atoms with E-state index in [1.54, 1.807) is 20.4 Å². The first-order chi connectivity index (χ1) is 14.8. The van der Waals surface area contributed by atoms with Gasteiger partial charge in [-0.25, -0.2) is 4.98 Å². The van der Waals surface area contributed by atoms with E-state index in [-0.39, 0.29) is 0 Å². The van der Waals surface area contributed by atoms with Crippen molar-refractivity contribution in [3.63, 3.8) is 0 Å². The normalized spacial score (nSPS) is 14.9. The highest BCUT2D eigenvalue weighted by Gasteiger charge is 2.20. The Bertz CT molecular complexity index is 947. The fourth-order valence-electron chi connectivity index (χ4n) is 3.70. The second-order valence-corrected chi connectivity index (χ2v) is 7.12. The maximum atomic E-state index is 5.52. The largest absolute Gasteiger partial charge is 0.496 e. The molecule has 0 atom stereocenters. The van der Waals surface area contributed by atoms with Crippen molar-refractivity contribution in [3.05, 3.63) is 54.5 Å². The molecule has 0 N–H and O–H groups in total. The zero-order valence-electron chi connectivity index (χ0n) is 17.4. The second-order valence-electron chi connectivity index (χ2n) is 7.12. The number of rotatable bonds is 6. The van der Waals surface area contributed by atoms with Crippen molar-refractivity contribution in [2.45, 2.75) is 13.0 Å². The molecule has 0 unspecified atom stereocenters. The van der Waals surface area contributed by atoms with E-state index in [0.717, 1.165) is 50.4 Å². The Morgan fingerprint density at radius 1 is 0.933 bits per heavy atom. The number of hydrogen-bond acceptors (Lipinski definition) is 8. The van der Waals surface area contributed by atoms with Crippen LogP contribution in [0.1, 0.15) is 12.1 Å². The summed E-state index contributed by atoms with van der Waals surface area (Å²) < 4.78 is 11.0. The number of ether oxygens (including phenoxy) is 2. The summed E-state index contributed by atoms with van der Waals surface area (Å²) in [5, 5.41) is 8.52. The Kier molecular flexibility index (Phi) is 6.34. The number of aromatic nitrogens is 4. The molecule has 0 spiro atoms. The van der Waals surface area contributed by atoms with Crippen LogP contribution in [-0.4, -0.2) is 65.5 Å². The quantitative estimate of drug-likeness (QED) is 0.618. The molecule has 3 aromatic rings. The third-order valence-electron chi connectivity index (χ3n) is 5.21. The molecule has 3 heterocycles. The highest BCUT2D eigenvalue weighted by Crippen LogP contribution is 2.37. The number of hydrogen-bond donors (Lipinski definition) is 0. The summed E-state index contributed by atoms with van der Waals surface area (Å²) >= 11 is 0. The maximum absolute atomic E-state index is 5.52. The average Bonchev–Trinajstić information content (AvgIpc) is 3.05. The number of methoxy groups -OCH3 is 2. The SMILES string of the molecule is COc1cccc(OC)c1-c1cnnc(N2CCCN(Cc3ccccn3)CC2)n1. The fourth-order valence-corrected chi connectivity index (χ4v) is 3.70. The van der Waals surface area contributed by atoms with Gasteiger partial charge in [-0.2, -0.15) is 5.10 Å². The van der Waals surface area contributed by atoms with Gasteiger partial charge in [0.1, 0.15) is 17.2 Å². The van der Waals surface area contributed by atoms with Crippen LogP contribution < -0.4 is 14.4 Å². The third kappa shape index (κ3) is 4.49. The summed E-state index contributed by atoms with van der Waals surface area (Å²) in [4.78, 5) is 13.9. The van der Waals surface area contributed by atoms with Gasteiger partial charge in [-0.05, 0) is 30.7 Å². The van der Waals surface area contributed by atoms with Crippen LogP contribution in [0, 0.1) is 0 Å². The Morgan fingerprint density at radius 2 is 1.77 bits per heavy atom. The van der Waals surface area contributed by atoms with E-state index >= 15 is 0 Å². The minimum atomic E-state index is 0.625. The van der Waals surface area contributed by atoms with Crippen LogP contribution in [0.25, 0.3) is 11.3 Å². The van der Waals surface area contributed by atoms with Crippen LogP contribution in [0.3, 0.4) is 0 Å². The summed E-state index contributed by atoms with van der Waals surface area (Å²) in [7, 11) is 3.28. The standard InChI is InChI=1S/C22H26N6O2/c1-29-19-8-5-9-20(30-2)21(19)18-15-24-26-22(25-18)28-12-6-11-27(13-14-28)16-17-7-3-4-10-23-17/h3-5,7-10,15H,6,11-14,16H2,1-2H3. The maximum Gasteiger partial charge on any atom is 0.245 e. The van der Waals surface area contributed by atoms with Gasteiger partial charge in [0.15, 0.2) is 0 Å². The molecule has 0 bridgehead atoms. The van der Waals surface area contributed by atoms with Gasteiger partial charge in [-0.1, -0.05) is 12.1 Å². The molecular formula is C22H26N6O2. The molecule has 0 saturated carbocycles. The topological polar surface area (TPSA) is 76.5 Å². The lowest BCUT2D eigenvalue weighted by molar-refractivity contribution is 0.282. The predicted octanol–water partition coefficient (Wildman–Crippen LogP) is 2.66. The second kappa shape index (κ2) is 9.49. The van der Waals surface area contributed by atoms with Gasteiger partial charge in [0.2, 0.25) is 5.95 Å². The van der Waals surface area contributed by atoms with E-state index in [0.29, 0.717) is 23.1 Å². The highest BCUT2D eigenvalue weighted by molar-refractivity contribution is 5.74. The molecule has 2 aromatic heterocycles.